The molecule has 0 aliphatic rings. The van der Waals surface area contributed by atoms with Crippen LogP contribution in [0.25, 0.3) is 0 Å². The minimum Gasteiger partial charge on any atom is -0.481 e. The van der Waals surface area contributed by atoms with Crippen LogP contribution in [0.15, 0.2) is 0 Å². The number of rotatable bonds is 31. The van der Waals surface area contributed by atoms with Gasteiger partial charge in [0.05, 0.1) is 13.0 Å². The van der Waals surface area contributed by atoms with Crippen LogP contribution < -0.4 is 5.32 Å². The Balaban J connectivity index is 3.78. The van der Waals surface area contributed by atoms with Crippen molar-refractivity contribution in [2.75, 3.05) is 6.61 Å². The standard InChI is InChI=1S/C34H65NO5/c1-3-5-7-9-11-13-15-16-17-19-21-23-25-27-29-40-34(39)31(30-33(37)38)35-32(36)28-26-24-22-20-18-14-12-10-8-6-4-2/h31H,3-30H2,1-2H3,(H,35,36)(H,37,38)/t31-/m0/s1. The summed E-state index contributed by atoms with van der Waals surface area (Å²) in [6.07, 6.45) is 30.7. The zero-order valence-electron chi connectivity index (χ0n) is 26.5. The highest BCUT2D eigenvalue weighted by atomic mass is 16.5. The normalized spacial score (nSPS) is 11.8. The predicted molar refractivity (Wildman–Crippen MR) is 167 cm³/mol. The van der Waals surface area contributed by atoms with Crippen LogP contribution in [0.2, 0.25) is 0 Å². The zero-order chi connectivity index (χ0) is 29.5. The lowest BCUT2D eigenvalue weighted by Gasteiger charge is -2.16. The van der Waals surface area contributed by atoms with Crippen LogP contribution in [0.5, 0.6) is 0 Å². The van der Waals surface area contributed by atoms with Crippen molar-refractivity contribution in [3.63, 3.8) is 0 Å². The summed E-state index contributed by atoms with van der Waals surface area (Å²) in [4.78, 5) is 35.9. The summed E-state index contributed by atoms with van der Waals surface area (Å²) < 4.78 is 5.31. The molecule has 0 aliphatic carbocycles. The topological polar surface area (TPSA) is 92.7 Å². The van der Waals surface area contributed by atoms with Crippen LogP contribution in [-0.2, 0) is 19.1 Å². The van der Waals surface area contributed by atoms with Crippen LogP contribution in [0.3, 0.4) is 0 Å². The van der Waals surface area contributed by atoms with E-state index < -0.39 is 24.4 Å². The third-order valence-corrected chi connectivity index (χ3v) is 7.75. The molecular formula is C34H65NO5. The fraction of sp³-hybridized carbons (Fsp3) is 0.912. The summed E-state index contributed by atoms with van der Waals surface area (Å²) in [5.41, 5.74) is 0. The molecular weight excluding hydrogens is 502 g/mol. The number of aliphatic carboxylic acids is 1. The van der Waals surface area contributed by atoms with Gasteiger partial charge in [0.2, 0.25) is 5.91 Å². The van der Waals surface area contributed by atoms with Crippen molar-refractivity contribution in [2.24, 2.45) is 0 Å². The minimum atomic E-state index is -1.12. The maximum atomic E-state index is 12.4. The highest BCUT2D eigenvalue weighted by molar-refractivity contribution is 5.87. The van der Waals surface area contributed by atoms with E-state index in [9.17, 15) is 14.4 Å². The van der Waals surface area contributed by atoms with Crippen LogP contribution in [0, 0.1) is 0 Å². The van der Waals surface area contributed by atoms with E-state index in [1.165, 1.54) is 122 Å². The monoisotopic (exact) mass is 567 g/mol. The number of carboxylic acids is 1. The molecule has 6 heteroatoms. The van der Waals surface area contributed by atoms with Crippen LogP contribution in [0.1, 0.15) is 187 Å². The van der Waals surface area contributed by atoms with Gasteiger partial charge in [0.25, 0.3) is 0 Å². The summed E-state index contributed by atoms with van der Waals surface area (Å²) in [5, 5.41) is 11.8. The molecule has 0 heterocycles. The van der Waals surface area contributed by atoms with Crippen molar-refractivity contribution >= 4 is 17.8 Å². The summed E-state index contributed by atoms with van der Waals surface area (Å²) in [7, 11) is 0. The van der Waals surface area contributed by atoms with Crippen molar-refractivity contribution in [2.45, 2.75) is 193 Å². The number of nitrogens with one attached hydrogen (secondary N) is 1. The van der Waals surface area contributed by atoms with E-state index in [1.54, 1.807) is 0 Å². The number of ether oxygens (including phenoxy) is 1. The molecule has 0 aromatic rings. The van der Waals surface area contributed by atoms with Gasteiger partial charge < -0.3 is 15.2 Å². The van der Waals surface area contributed by atoms with Crippen molar-refractivity contribution in [1.29, 1.82) is 0 Å². The number of carbonyl (C=O) groups is 3. The highest BCUT2D eigenvalue weighted by Gasteiger charge is 2.25. The number of carboxylic acid groups (broad SMARTS) is 1. The molecule has 0 saturated carbocycles. The summed E-state index contributed by atoms with van der Waals surface area (Å²) >= 11 is 0. The van der Waals surface area contributed by atoms with Crippen molar-refractivity contribution in [3.8, 4) is 0 Å². The molecule has 0 aromatic heterocycles. The molecule has 0 unspecified atom stereocenters. The summed E-state index contributed by atoms with van der Waals surface area (Å²) in [6.45, 7) is 4.77. The number of carbonyl (C=O) groups excluding carboxylic acids is 2. The van der Waals surface area contributed by atoms with Gasteiger partial charge in [-0.15, -0.1) is 0 Å². The molecule has 0 aliphatic heterocycles. The van der Waals surface area contributed by atoms with Gasteiger partial charge in [0.15, 0.2) is 0 Å². The Kier molecular flexibility index (Phi) is 29.2. The lowest BCUT2D eigenvalue weighted by Crippen LogP contribution is -2.43. The molecule has 0 saturated heterocycles. The van der Waals surface area contributed by atoms with Crippen LogP contribution in [-0.4, -0.2) is 35.6 Å². The molecule has 0 fully saturated rings. The average molecular weight is 568 g/mol. The van der Waals surface area contributed by atoms with Gasteiger partial charge in [0.1, 0.15) is 6.04 Å². The minimum absolute atomic E-state index is 0.268. The lowest BCUT2D eigenvalue weighted by atomic mass is 10.0. The highest BCUT2D eigenvalue weighted by Crippen LogP contribution is 2.14. The molecule has 0 bridgehead atoms. The predicted octanol–water partition coefficient (Wildman–Crippen LogP) is 9.67. The van der Waals surface area contributed by atoms with E-state index in [2.05, 4.69) is 19.2 Å². The zero-order valence-corrected chi connectivity index (χ0v) is 26.5. The first-order chi connectivity index (χ1) is 19.5. The number of amides is 1. The van der Waals surface area contributed by atoms with Gasteiger partial charge in [-0.3, -0.25) is 9.59 Å². The van der Waals surface area contributed by atoms with Gasteiger partial charge in [-0.1, -0.05) is 162 Å². The molecule has 1 atom stereocenters. The third kappa shape index (κ3) is 28.0. The Bertz CT molecular complexity index is 595. The molecule has 0 aromatic carbocycles. The van der Waals surface area contributed by atoms with Crippen LogP contribution in [0.4, 0.5) is 0 Å². The fourth-order valence-electron chi connectivity index (χ4n) is 5.15. The number of hydrogen-bond donors (Lipinski definition) is 2. The first kappa shape index (κ1) is 38.4. The molecule has 236 valence electrons. The second-order valence-electron chi connectivity index (χ2n) is 11.8. The van der Waals surface area contributed by atoms with Gasteiger partial charge in [0, 0.05) is 6.42 Å². The number of esters is 1. The van der Waals surface area contributed by atoms with E-state index in [-0.39, 0.29) is 12.5 Å². The Morgan fingerprint density at radius 1 is 0.550 bits per heavy atom. The smallest absolute Gasteiger partial charge is 0.329 e. The number of hydrogen-bond acceptors (Lipinski definition) is 4. The average Bonchev–Trinajstić information content (AvgIpc) is 2.93. The molecule has 0 rings (SSSR count). The molecule has 40 heavy (non-hydrogen) atoms. The Morgan fingerprint density at radius 3 is 1.27 bits per heavy atom. The molecule has 6 nitrogen and oxygen atoms in total. The van der Waals surface area contributed by atoms with E-state index in [0.29, 0.717) is 6.42 Å². The Hall–Kier alpha value is -1.59. The first-order valence-electron chi connectivity index (χ1n) is 17.2. The van der Waals surface area contributed by atoms with E-state index in [1.807, 2.05) is 0 Å². The molecule has 2 N–H and O–H groups in total. The maximum absolute atomic E-state index is 12.4. The van der Waals surface area contributed by atoms with Crippen molar-refractivity contribution < 1.29 is 24.2 Å². The van der Waals surface area contributed by atoms with Crippen molar-refractivity contribution in [1.82, 2.24) is 5.32 Å². The van der Waals surface area contributed by atoms with E-state index in [0.717, 1.165) is 38.5 Å². The molecule has 0 radical (unpaired) electrons. The fourth-order valence-corrected chi connectivity index (χ4v) is 5.15. The first-order valence-corrected chi connectivity index (χ1v) is 17.2. The van der Waals surface area contributed by atoms with Gasteiger partial charge in [-0.2, -0.15) is 0 Å². The summed E-state index contributed by atoms with van der Waals surface area (Å²) in [6, 6.07) is -1.11. The van der Waals surface area contributed by atoms with Crippen molar-refractivity contribution in [3.05, 3.63) is 0 Å². The third-order valence-electron chi connectivity index (χ3n) is 7.75. The second kappa shape index (κ2) is 30.4. The van der Waals surface area contributed by atoms with Gasteiger partial charge in [-0.25, -0.2) is 4.79 Å². The van der Waals surface area contributed by atoms with Gasteiger partial charge in [-0.05, 0) is 12.8 Å². The lowest BCUT2D eigenvalue weighted by molar-refractivity contribution is -0.151. The Morgan fingerprint density at radius 2 is 0.900 bits per heavy atom. The van der Waals surface area contributed by atoms with Gasteiger partial charge >= 0.3 is 11.9 Å². The quantitative estimate of drug-likeness (QED) is 0.0642. The van der Waals surface area contributed by atoms with E-state index >= 15 is 0 Å². The molecule has 0 spiro atoms. The second-order valence-corrected chi connectivity index (χ2v) is 11.8. The van der Waals surface area contributed by atoms with Crippen LogP contribution >= 0.6 is 0 Å². The Labute approximate surface area is 247 Å². The van der Waals surface area contributed by atoms with E-state index in [4.69, 9.17) is 9.84 Å². The SMILES string of the molecule is CCCCCCCCCCCCCCCCOC(=O)[C@H](CC(=O)O)NC(=O)CCCCCCCCCCCCC. The number of unbranched alkanes of at least 4 members (excludes halogenated alkanes) is 23. The largest absolute Gasteiger partial charge is 0.481 e. The summed E-state index contributed by atoms with van der Waals surface area (Å²) in [5.74, 6) is -2.02. The maximum Gasteiger partial charge on any atom is 0.329 e. The molecule has 1 amide bonds.